The summed E-state index contributed by atoms with van der Waals surface area (Å²) in [7, 11) is 1.54. The molecule has 0 spiro atoms. The molecule has 19 heavy (non-hydrogen) atoms. The molecular weight excluding hydrogens is 241 g/mol. The van der Waals surface area contributed by atoms with Gasteiger partial charge in [-0.15, -0.1) is 0 Å². The maximum atomic E-state index is 14.1. The highest BCUT2D eigenvalue weighted by molar-refractivity contribution is 5.68. The first-order chi connectivity index (χ1) is 9.26. The smallest absolute Gasteiger partial charge is 0.134 e. The van der Waals surface area contributed by atoms with Crippen molar-refractivity contribution in [1.82, 2.24) is 5.32 Å². The molecule has 0 atom stereocenters. The Morgan fingerprint density at radius 3 is 2.58 bits per heavy atom. The van der Waals surface area contributed by atoms with Crippen molar-refractivity contribution >= 4 is 0 Å². The Kier molecular flexibility index (Phi) is 4.53. The van der Waals surface area contributed by atoms with Crippen molar-refractivity contribution in [2.75, 3.05) is 13.7 Å². The highest BCUT2D eigenvalue weighted by atomic mass is 19.1. The standard InChI is InChI=1S/C16H18FNO/c1-3-18-11-12-6-4-5-7-14(12)15-9-8-13(19-2)10-16(15)17/h4-10,18H,3,11H2,1-2H3. The van der Waals surface area contributed by atoms with Gasteiger partial charge in [-0.05, 0) is 29.8 Å². The van der Waals surface area contributed by atoms with Crippen molar-refractivity contribution in [2.45, 2.75) is 13.5 Å². The molecule has 100 valence electrons. The van der Waals surface area contributed by atoms with Crippen LogP contribution in [0.3, 0.4) is 0 Å². The summed E-state index contributed by atoms with van der Waals surface area (Å²) in [5.74, 6) is 0.272. The van der Waals surface area contributed by atoms with Crippen LogP contribution in [0.25, 0.3) is 11.1 Å². The quantitative estimate of drug-likeness (QED) is 0.885. The van der Waals surface area contributed by atoms with Gasteiger partial charge in [0, 0.05) is 18.2 Å². The normalized spacial score (nSPS) is 10.5. The van der Waals surface area contributed by atoms with E-state index in [-0.39, 0.29) is 5.82 Å². The molecule has 0 radical (unpaired) electrons. The minimum Gasteiger partial charge on any atom is -0.497 e. The minimum atomic E-state index is -0.261. The van der Waals surface area contributed by atoms with Crippen LogP contribution in [0.5, 0.6) is 5.75 Å². The zero-order valence-corrected chi connectivity index (χ0v) is 11.2. The molecule has 0 unspecified atom stereocenters. The fraction of sp³-hybridized carbons (Fsp3) is 0.250. The summed E-state index contributed by atoms with van der Waals surface area (Å²) in [5, 5.41) is 3.27. The third kappa shape index (κ3) is 3.12. The van der Waals surface area contributed by atoms with E-state index in [9.17, 15) is 4.39 Å². The Hall–Kier alpha value is -1.87. The van der Waals surface area contributed by atoms with Crippen LogP contribution >= 0.6 is 0 Å². The Morgan fingerprint density at radius 1 is 1.11 bits per heavy atom. The summed E-state index contributed by atoms with van der Waals surface area (Å²) >= 11 is 0. The number of ether oxygens (including phenoxy) is 1. The molecule has 0 amide bonds. The predicted molar refractivity (Wildman–Crippen MR) is 75.8 cm³/mol. The van der Waals surface area contributed by atoms with Gasteiger partial charge in [-0.2, -0.15) is 0 Å². The van der Waals surface area contributed by atoms with E-state index in [1.807, 2.05) is 24.3 Å². The van der Waals surface area contributed by atoms with Gasteiger partial charge in [0.15, 0.2) is 0 Å². The van der Waals surface area contributed by atoms with Crippen molar-refractivity contribution in [1.29, 1.82) is 0 Å². The van der Waals surface area contributed by atoms with E-state index in [2.05, 4.69) is 12.2 Å². The molecule has 0 fully saturated rings. The molecule has 0 bridgehead atoms. The third-order valence-corrected chi connectivity index (χ3v) is 3.05. The van der Waals surface area contributed by atoms with Crippen LogP contribution in [-0.2, 0) is 6.54 Å². The lowest BCUT2D eigenvalue weighted by molar-refractivity contribution is 0.411. The first kappa shape index (κ1) is 13.6. The van der Waals surface area contributed by atoms with E-state index < -0.39 is 0 Å². The number of methoxy groups -OCH3 is 1. The van der Waals surface area contributed by atoms with Gasteiger partial charge in [0.2, 0.25) is 0 Å². The van der Waals surface area contributed by atoms with E-state index in [4.69, 9.17) is 4.74 Å². The van der Waals surface area contributed by atoms with Gasteiger partial charge < -0.3 is 10.1 Å². The second-order valence-corrected chi connectivity index (χ2v) is 4.28. The van der Waals surface area contributed by atoms with Crippen LogP contribution in [0.15, 0.2) is 42.5 Å². The maximum Gasteiger partial charge on any atom is 0.134 e. The van der Waals surface area contributed by atoms with Crippen LogP contribution in [-0.4, -0.2) is 13.7 Å². The molecule has 2 rings (SSSR count). The highest BCUT2D eigenvalue weighted by Crippen LogP contribution is 2.28. The molecule has 3 heteroatoms. The molecule has 0 saturated carbocycles. The van der Waals surface area contributed by atoms with Crippen LogP contribution in [0.1, 0.15) is 12.5 Å². The molecule has 1 N–H and O–H groups in total. The van der Waals surface area contributed by atoms with Crippen LogP contribution in [0.2, 0.25) is 0 Å². The monoisotopic (exact) mass is 259 g/mol. The summed E-state index contributed by atoms with van der Waals surface area (Å²) in [5.41, 5.74) is 2.62. The summed E-state index contributed by atoms with van der Waals surface area (Å²) in [6.07, 6.45) is 0. The Balaban J connectivity index is 2.40. The molecule has 0 heterocycles. The van der Waals surface area contributed by atoms with Crippen molar-refractivity contribution in [2.24, 2.45) is 0 Å². The van der Waals surface area contributed by atoms with Crippen LogP contribution in [0.4, 0.5) is 4.39 Å². The summed E-state index contributed by atoms with van der Waals surface area (Å²) < 4.78 is 19.2. The summed E-state index contributed by atoms with van der Waals surface area (Å²) in [4.78, 5) is 0. The Morgan fingerprint density at radius 2 is 1.89 bits per heavy atom. The van der Waals surface area contributed by atoms with Gasteiger partial charge in [0.05, 0.1) is 7.11 Å². The van der Waals surface area contributed by atoms with Gasteiger partial charge in [0.1, 0.15) is 11.6 Å². The average molecular weight is 259 g/mol. The average Bonchev–Trinajstić information content (AvgIpc) is 2.45. The molecule has 2 nitrogen and oxygen atoms in total. The summed E-state index contributed by atoms with van der Waals surface area (Å²) in [6, 6.07) is 12.8. The number of halogens is 1. The molecular formula is C16H18FNO. The van der Waals surface area contributed by atoms with E-state index in [0.29, 0.717) is 11.3 Å². The molecule has 0 aliphatic heterocycles. The lowest BCUT2D eigenvalue weighted by atomic mass is 9.99. The van der Waals surface area contributed by atoms with Gasteiger partial charge in [0.25, 0.3) is 0 Å². The highest BCUT2D eigenvalue weighted by Gasteiger charge is 2.10. The molecule has 0 aromatic heterocycles. The van der Waals surface area contributed by atoms with Crippen molar-refractivity contribution in [3.05, 3.63) is 53.8 Å². The molecule has 2 aromatic carbocycles. The van der Waals surface area contributed by atoms with Crippen molar-refractivity contribution < 1.29 is 9.13 Å². The molecule has 2 aromatic rings. The lowest BCUT2D eigenvalue weighted by Crippen LogP contribution is -2.12. The number of rotatable bonds is 5. The van der Waals surface area contributed by atoms with E-state index >= 15 is 0 Å². The van der Waals surface area contributed by atoms with E-state index in [1.54, 1.807) is 12.1 Å². The van der Waals surface area contributed by atoms with E-state index in [0.717, 1.165) is 24.2 Å². The van der Waals surface area contributed by atoms with Crippen molar-refractivity contribution in [3.8, 4) is 16.9 Å². The Bertz CT molecular complexity index is 554. The zero-order chi connectivity index (χ0) is 13.7. The summed E-state index contributed by atoms with van der Waals surface area (Å²) in [6.45, 7) is 3.67. The van der Waals surface area contributed by atoms with Gasteiger partial charge in [-0.25, -0.2) is 4.39 Å². The number of hydrogen-bond acceptors (Lipinski definition) is 2. The van der Waals surface area contributed by atoms with Gasteiger partial charge in [-0.1, -0.05) is 31.2 Å². The number of nitrogens with one attached hydrogen (secondary N) is 1. The second kappa shape index (κ2) is 6.34. The topological polar surface area (TPSA) is 21.3 Å². The zero-order valence-electron chi connectivity index (χ0n) is 11.2. The van der Waals surface area contributed by atoms with Crippen LogP contribution in [0, 0.1) is 5.82 Å². The number of benzene rings is 2. The Labute approximate surface area is 113 Å². The van der Waals surface area contributed by atoms with E-state index in [1.165, 1.54) is 13.2 Å². The third-order valence-electron chi connectivity index (χ3n) is 3.05. The fourth-order valence-corrected chi connectivity index (χ4v) is 2.04. The molecule has 0 aliphatic carbocycles. The maximum absolute atomic E-state index is 14.1. The molecule has 0 saturated heterocycles. The number of hydrogen-bond donors (Lipinski definition) is 1. The first-order valence-electron chi connectivity index (χ1n) is 6.38. The largest absolute Gasteiger partial charge is 0.497 e. The minimum absolute atomic E-state index is 0.261. The predicted octanol–water partition coefficient (Wildman–Crippen LogP) is 3.61. The SMILES string of the molecule is CCNCc1ccccc1-c1ccc(OC)cc1F. The first-order valence-corrected chi connectivity index (χ1v) is 6.38. The van der Waals surface area contributed by atoms with Crippen LogP contribution < -0.4 is 10.1 Å². The second-order valence-electron chi connectivity index (χ2n) is 4.28. The fourth-order valence-electron chi connectivity index (χ4n) is 2.04. The van der Waals surface area contributed by atoms with Crippen molar-refractivity contribution in [3.63, 3.8) is 0 Å². The van der Waals surface area contributed by atoms with Gasteiger partial charge in [-0.3, -0.25) is 0 Å². The van der Waals surface area contributed by atoms with Gasteiger partial charge >= 0.3 is 0 Å². The lowest BCUT2D eigenvalue weighted by Gasteiger charge is -2.11. The molecule has 0 aliphatic rings.